The third kappa shape index (κ3) is 2.67. The zero-order valence-corrected chi connectivity index (χ0v) is 12.2. The number of benzene rings is 1. The molecule has 0 radical (unpaired) electrons. The van der Waals surface area contributed by atoms with Crippen LogP contribution in [0.3, 0.4) is 0 Å². The smallest absolute Gasteiger partial charge is 0.253 e. The SMILES string of the molecule is CC(C)N1C(=O)COCc2ccc(-c3cccnc3)cc21. The van der Waals surface area contributed by atoms with Crippen LogP contribution >= 0.6 is 0 Å². The number of aromatic nitrogens is 1. The number of hydrogen-bond donors (Lipinski definition) is 0. The molecule has 2 aromatic rings. The molecular weight excluding hydrogens is 264 g/mol. The lowest BCUT2D eigenvalue weighted by Crippen LogP contribution is -2.38. The Kier molecular flexibility index (Phi) is 3.71. The van der Waals surface area contributed by atoms with Gasteiger partial charge < -0.3 is 9.64 Å². The fourth-order valence-corrected chi connectivity index (χ4v) is 2.64. The number of hydrogen-bond acceptors (Lipinski definition) is 3. The van der Waals surface area contributed by atoms with E-state index in [0.29, 0.717) is 6.61 Å². The molecule has 4 heteroatoms. The number of nitrogens with zero attached hydrogens (tertiary/aromatic N) is 2. The van der Waals surface area contributed by atoms with Crippen molar-refractivity contribution in [3.63, 3.8) is 0 Å². The van der Waals surface area contributed by atoms with Crippen molar-refractivity contribution in [1.29, 1.82) is 0 Å². The van der Waals surface area contributed by atoms with Crippen LogP contribution in [0.25, 0.3) is 11.1 Å². The maximum absolute atomic E-state index is 12.3. The summed E-state index contributed by atoms with van der Waals surface area (Å²) in [5.41, 5.74) is 4.08. The summed E-state index contributed by atoms with van der Waals surface area (Å²) in [4.78, 5) is 18.2. The molecule has 1 aliphatic heterocycles. The first-order valence-electron chi connectivity index (χ1n) is 7.10. The Bertz CT molecular complexity index is 653. The molecule has 2 heterocycles. The summed E-state index contributed by atoms with van der Waals surface area (Å²) >= 11 is 0. The van der Waals surface area contributed by atoms with Gasteiger partial charge in [-0.1, -0.05) is 18.2 Å². The number of fused-ring (bicyclic) bond motifs is 1. The number of carbonyl (C=O) groups is 1. The zero-order chi connectivity index (χ0) is 14.8. The molecule has 0 unspecified atom stereocenters. The zero-order valence-electron chi connectivity index (χ0n) is 12.2. The standard InChI is InChI=1S/C17H18N2O2/c1-12(2)19-16-8-13(14-4-3-7-18-9-14)5-6-15(16)10-21-11-17(19)20/h3-9,12H,10-11H2,1-2H3. The summed E-state index contributed by atoms with van der Waals surface area (Å²) in [5, 5.41) is 0. The van der Waals surface area contributed by atoms with E-state index in [2.05, 4.69) is 11.1 Å². The number of anilines is 1. The number of amides is 1. The van der Waals surface area contributed by atoms with Crippen LogP contribution in [0.4, 0.5) is 5.69 Å². The van der Waals surface area contributed by atoms with E-state index in [1.54, 1.807) is 6.20 Å². The molecule has 1 aromatic carbocycles. The molecule has 4 nitrogen and oxygen atoms in total. The Morgan fingerprint density at radius 2 is 2.05 bits per heavy atom. The number of pyridine rings is 1. The van der Waals surface area contributed by atoms with Crippen molar-refractivity contribution >= 4 is 11.6 Å². The van der Waals surface area contributed by atoms with Gasteiger partial charge in [0, 0.05) is 29.6 Å². The van der Waals surface area contributed by atoms with Crippen molar-refractivity contribution in [3.05, 3.63) is 48.3 Å². The highest BCUT2D eigenvalue weighted by molar-refractivity contribution is 5.96. The molecule has 1 aromatic heterocycles. The molecule has 0 spiro atoms. The van der Waals surface area contributed by atoms with Gasteiger partial charge in [-0.15, -0.1) is 0 Å². The van der Waals surface area contributed by atoms with Gasteiger partial charge in [0.1, 0.15) is 6.61 Å². The summed E-state index contributed by atoms with van der Waals surface area (Å²) in [7, 11) is 0. The van der Waals surface area contributed by atoms with Crippen molar-refractivity contribution in [2.45, 2.75) is 26.5 Å². The van der Waals surface area contributed by atoms with Gasteiger partial charge in [-0.2, -0.15) is 0 Å². The maximum atomic E-state index is 12.3. The molecule has 21 heavy (non-hydrogen) atoms. The first-order chi connectivity index (χ1) is 10.2. The maximum Gasteiger partial charge on any atom is 0.253 e. The van der Waals surface area contributed by atoms with Crippen molar-refractivity contribution in [1.82, 2.24) is 4.98 Å². The normalized spacial score (nSPS) is 15.0. The Labute approximate surface area is 124 Å². The first kappa shape index (κ1) is 13.8. The summed E-state index contributed by atoms with van der Waals surface area (Å²) in [6.07, 6.45) is 3.58. The largest absolute Gasteiger partial charge is 0.367 e. The van der Waals surface area contributed by atoms with Gasteiger partial charge in [-0.25, -0.2) is 0 Å². The van der Waals surface area contributed by atoms with Crippen LogP contribution in [0, 0.1) is 0 Å². The molecule has 108 valence electrons. The van der Waals surface area contributed by atoms with E-state index in [1.165, 1.54) is 0 Å². The lowest BCUT2D eigenvalue weighted by Gasteiger charge is -2.27. The second kappa shape index (κ2) is 5.66. The Balaban J connectivity index is 2.11. The molecule has 0 saturated carbocycles. The van der Waals surface area contributed by atoms with Crippen molar-refractivity contribution < 1.29 is 9.53 Å². The van der Waals surface area contributed by atoms with Gasteiger partial charge in [0.2, 0.25) is 0 Å². The Hall–Kier alpha value is -2.20. The van der Waals surface area contributed by atoms with Crippen LogP contribution in [-0.4, -0.2) is 23.5 Å². The van der Waals surface area contributed by atoms with Gasteiger partial charge in [0.05, 0.1) is 12.3 Å². The molecule has 0 bridgehead atoms. The molecule has 0 saturated heterocycles. The molecule has 0 N–H and O–H groups in total. The molecule has 0 atom stereocenters. The van der Waals surface area contributed by atoms with E-state index in [-0.39, 0.29) is 18.6 Å². The van der Waals surface area contributed by atoms with E-state index < -0.39 is 0 Å². The predicted octanol–water partition coefficient (Wildman–Crippen LogP) is 3.02. The van der Waals surface area contributed by atoms with E-state index >= 15 is 0 Å². The molecule has 1 aliphatic rings. The van der Waals surface area contributed by atoms with Gasteiger partial charge in [0.25, 0.3) is 5.91 Å². The number of rotatable bonds is 2. The van der Waals surface area contributed by atoms with Crippen molar-refractivity contribution in [3.8, 4) is 11.1 Å². The van der Waals surface area contributed by atoms with Crippen LogP contribution < -0.4 is 4.90 Å². The monoisotopic (exact) mass is 282 g/mol. The summed E-state index contributed by atoms with van der Waals surface area (Å²) in [6.45, 7) is 4.64. The van der Waals surface area contributed by atoms with Crippen LogP contribution in [0.5, 0.6) is 0 Å². The number of carbonyl (C=O) groups excluding carboxylic acids is 1. The fourth-order valence-electron chi connectivity index (χ4n) is 2.64. The lowest BCUT2D eigenvalue weighted by molar-refractivity contribution is -0.123. The van der Waals surface area contributed by atoms with Gasteiger partial charge in [-0.3, -0.25) is 9.78 Å². The summed E-state index contributed by atoms with van der Waals surface area (Å²) in [6, 6.07) is 10.2. The Morgan fingerprint density at radius 3 is 2.76 bits per heavy atom. The van der Waals surface area contributed by atoms with E-state index in [1.807, 2.05) is 49.2 Å². The second-order valence-corrected chi connectivity index (χ2v) is 5.44. The van der Waals surface area contributed by atoms with Crippen molar-refractivity contribution in [2.75, 3.05) is 11.5 Å². The second-order valence-electron chi connectivity index (χ2n) is 5.44. The lowest BCUT2D eigenvalue weighted by atomic mass is 10.0. The minimum atomic E-state index is 0.00656. The average molecular weight is 282 g/mol. The summed E-state index contributed by atoms with van der Waals surface area (Å²) in [5.74, 6) is 0.00656. The number of ether oxygens (including phenoxy) is 1. The highest BCUT2D eigenvalue weighted by Crippen LogP contribution is 2.31. The van der Waals surface area contributed by atoms with Crippen LogP contribution in [0.15, 0.2) is 42.7 Å². The van der Waals surface area contributed by atoms with Crippen molar-refractivity contribution in [2.24, 2.45) is 0 Å². The molecule has 0 aliphatic carbocycles. The van der Waals surface area contributed by atoms with Gasteiger partial charge in [-0.05, 0) is 31.5 Å². The topological polar surface area (TPSA) is 42.4 Å². The highest BCUT2D eigenvalue weighted by Gasteiger charge is 2.25. The van der Waals surface area contributed by atoms with Crippen LogP contribution in [0.2, 0.25) is 0 Å². The quantitative estimate of drug-likeness (QED) is 0.850. The first-order valence-corrected chi connectivity index (χ1v) is 7.10. The van der Waals surface area contributed by atoms with Gasteiger partial charge in [0.15, 0.2) is 0 Å². The third-order valence-electron chi connectivity index (χ3n) is 3.61. The molecule has 1 amide bonds. The molecule has 0 fully saturated rings. The minimum absolute atomic E-state index is 0.00656. The van der Waals surface area contributed by atoms with E-state index in [0.717, 1.165) is 22.4 Å². The van der Waals surface area contributed by atoms with Crippen LogP contribution in [0.1, 0.15) is 19.4 Å². The van der Waals surface area contributed by atoms with E-state index in [4.69, 9.17) is 4.74 Å². The predicted molar refractivity (Wildman–Crippen MR) is 82.0 cm³/mol. The minimum Gasteiger partial charge on any atom is -0.367 e. The van der Waals surface area contributed by atoms with Crippen LogP contribution in [-0.2, 0) is 16.1 Å². The average Bonchev–Trinajstić information content (AvgIpc) is 2.65. The Morgan fingerprint density at radius 1 is 1.19 bits per heavy atom. The summed E-state index contributed by atoms with van der Waals surface area (Å²) < 4.78 is 5.46. The highest BCUT2D eigenvalue weighted by atomic mass is 16.5. The molecule has 3 rings (SSSR count). The van der Waals surface area contributed by atoms with Gasteiger partial charge >= 0.3 is 0 Å². The fraction of sp³-hybridized carbons (Fsp3) is 0.294. The third-order valence-corrected chi connectivity index (χ3v) is 3.61. The van der Waals surface area contributed by atoms with E-state index in [9.17, 15) is 4.79 Å². The molecular formula is C17H18N2O2.